The van der Waals surface area contributed by atoms with Crippen LogP contribution in [0.2, 0.25) is 5.02 Å². The molecule has 126 valence electrons. The van der Waals surface area contributed by atoms with Crippen molar-refractivity contribution in [1.82, 2.24) is 4.31 Å². The van der Waals surface area contributed by atoms with E-state index in [0.29, 0.717) is 12.8 Å². The van der Waals surface area contributed by atoms with Gasteiger partial charge in [-0.3, -0.25) is 4.79 Å². The number of ether oxygens (including phenoxy) is 1. The summed E-state index contributed by atoms with van der Waals surface area (Å²) in [6.45, 7) is 0.0859. The zero-order valence-corrected chi connectivity index (χ0v) is 13.9. The summed E-state index contributed by atoms with van der Waals surface area (Å²) in [5.74, 6) is -2.06. The fourth-order valence-corrected chi connectivity index (χ4v) is 4.55. The number of carbonyl (C=O) groups excluding carboxylic acids is 1. The first kappa shape index (κ1) is 17.7. The van der Waals surface area contributed by atoms with Crippen LogP contribution in [0.25, 0.3) is 0 Å². The third-order valence-electron chi connectivity index (χ3n) is 3.67. The molecule has 1 unspecified atom stereocenters. The summed E-state index contributed by atoms with van der Waals surface area (Å²) in [5, 5.41) is 9.45. The SMILES string of the molecule is COC(=O)c1cc(Cl)ccc1S(=O)(=O)N1CCCCC1C(=O)O. The lowest BCUT2D eigenvalue weighted by Gasteiger charge is -2.32. The van der Waals surface area contributed by atoms with E-state index >= 15 is 0 Å². The topological polar surface area (TPSA) is 101 Å². The molecule has 23 heavy (non-hydrogen) atoms. The summed E-state index contributed by atoms with van der Waals surface area (Å²) >= 11 is 5.82. The average molecular weight is 362 g/mol. The molecule has 7 nitrogen and oxygen atoms in total. The van der Waals surface area contributed by atoms with Crippen LogP contribution in [-0.2, 0) is 19.6 Å². The van der Waals surface area contributed by atoms with Crippen molar-refractivity contribution in [3.05, 3.63) is 28.8 Å². The number of carbonyl (C=O) groups is 2. The molecule has 0 aromatic heterocycles. The molecule has 0 amide bonds. The van der Waals surface area contributed by atoms with Crippen LogP contribution < -0.4 is 0 Å². The molecule has 0 saturated carbocycles. The second kappa shape index (κ2) is 6.86. The Morgan fingerprint density at radius 2 is 2.04 bits per heavy atom. The summed E-state index contributed by atoms with van der Waals surface area (Å²) in [6.07, 6.45) is 1.42. The van der Waals surface area contributed by atoms with Crippen molar-refractivity contribution < 1.29 is 27.9 Å². The van der Waals surface area contributed by atoms with Crippen molar-refractivity contribution in [2.24, 2.45) is 0 Å². The van der Waals surface area contributed by atoms with E-state index in [1.807, 2.05) is 0 Å². The Morgan fingerprint density at radius 1 is 1.35 bits per heavy atom. The Morgan fingerprint density at radius 3 is 2.65 bits per heavy atom. The first-order chi connectivity index (χ1) is 10.8. The Bertz CT molecular complexity index is 733. The molecule has 1 N–H and O–H groups in total. The van der Waals surface area contributed by atoms with E-state index in [1.165, 1.54) is 18.2 Å². The molecule has 1 aromatic rings. The number of hydrogen-bond donors (Lipinski definition) is 1. The van der Waals surface area contributed by atoms with Gasteiger partial charge >= 0.3 is 11.9 Å². The number of carboxylic acids is 1. The number of rotatable bonds is 4. The molecule has 9 heteroatoms. The largest absolute Gasteiger partial charge is 0.480 e. The minimum Gasteiger partial charge on any atom is -0.480 e. The Hall–Kier alpha value is -1.64. The van der Waals surface area contributed by atoms with Gasteiger partial charge < -0.3 is 9.84 Å². The molecule has 1 fully saturated rings. The number of piperidine rings is 1. The highest BCUT2D eigenvalue weighted by molar-refractivity contribution is 7.89. The molecule has 1 atom stereocenters. The molecule has 1 aromatic carbocycles. The van der Waals surface area contributed by atoms with Crippen molar-refractivity contribution in [2.45, 2.75) is 30.2 Å². The van der Waals surface area contributed by atoms with Gasteiger partial charge in [0.05, 0.1) is 17.6 Å². The van der Waals surface area contributed by atoms with Crippen molar-refractivity contribution in [3.8, 4) is 0 Å². The predicted molar refractivity (Wildman–Crippen MR) is 82.0 cm³/mol. The lowest BCUT2D eigenvalue weighted by molar-refractivity contribution is -0.142. The predicted octanol–water partition coefficient (Wildman–Crippen LogP) is 1.75. The first-order valence-corrected chi connectivity index (χ1v) is 8.73. The smallest absolute Gasteiger partial charge is 0.339 e. The van der Waals surface area contributed by atoms with Gasteiger partial charge in [-0.2, -0.15) is 4.31 Å². The van der Waals surface area contributed by atoms with Crippen LogP contribution in [0.4, 0.5) is 0 Å². The summed E-state index contributed by atoms with van der Waals surface area (Å²) in [5.41, 5.74) is -0.213. The Labute approximate surface area is 138 Å². The fraction of sp³-hybridized carbons (Fsp3) is 0.429. The standard InChI is InChI=1S/C14H16ClNO6S/c1-22-14(19)10-8-9(15)5-6-12(10)23(20,21)16-7-3-2-4-11(16)13(17)18/h5-6,8,11H,2-4,7H2,1H3,(H,17,18). The van der Waals surface area contributed by atoms with Crippen molar-refractivity contribution in [2.75, 3.05) is 13.7 Å². The van der Waals surface area contributed by atoms with Gasteiger partial charge in [0.15, 0.2) is 0 Å². The van der Waals surface area contributed by atoms with Crippen LogP contribution in [0.1, 0.15) is 29.6 Å². The quantitative estimate of drug-likeness (QED) is 0.820. The number of carboxylic acid groups (broad SMARTS) is 1. The molecule has 0 radical (unpaired) electrons. The third-order valence-corrected chi connectivity index (χ3v) is 5.87. The van der Waals surface area contributed by atoms with Crippen LogP contribution in [0.15, 0.2) is 23.1 Å². The number of esters is 1. The second-order valence-electron chi connectivity index (χ2n) is 5.10. The van der Waals surface area contributed by atoms with Gasteiger partial charge in [-0.05, 0) is 37.5 Å². The van der Waals surface area contributed by atoms with Gasteiger partial charge in [-0.1, -0.05) is 11.6 Å². The molecular formula is C14H16ClNO6S. The minimum absolute atomic E-state index is 0.0859. The van der Waals surface area contributed by atoms with E-state index in [2.05, 4.69) is 4.74 Å². The molecule has 2 rings (SSSR count). The molecule has 0 aliphatic carbocycles. The van der Waals surface area contributed by atoms with Gasteiger partial charge in [-0.15, -0.1) is 0 Å². The molecule has 1 heterocycles. The van der Waals surface area contributed by atoms with E-state index in [1.54, 1.807) is 0 Å². The molecule has 1 saturated heterocycles. The molecule has 1 aliphatic heterocycles. The highest BCUT2D eigenvalue weighted by Gasteiger charge is 2.39. The average Bonchev–Trinajstić information content (AvgIpc) is 2.53. The number of benzene rings is 1. The maximum Gasteiger partial charge on any atom is 0.339 e. The fourth-order valence-electron chi connectivity index (χ4n) is 2.56. The van der Waals surface area contributed by atoms with E-state index < -0.39 is 28.0 Å². The maximum atomic E-state index is 12.9. The highest BCUT2D eigenvalue weighted by Crippen LogP contribution is 2.29. The maximum absolute atomic E-state index is 12.9. The lowest BCUT2D eigenvalue weighted by Crippen LogP contribution is -2.48. The van der Waals surface area contributed by atoms with Crippen molar-refractivity contribution in [1.29, 1.82) is 0 Å². The molecule has 0 spiro atoms. The zero-order valence-electron chi connectivity index (χ0n) is 12.4. The number of sulfonamides is 1. The number of hydrogen-bond acceptors (Lipinski definition) is 5. The summed E-state index contributed by atoms with van der Waals surface area (Å²) < 4.78 is 31.2. The van der Waals surface area contributed by atoms with Gasteiger partial charge in [0.2, 0.25) is 10.0 Å². The lowest BCUT2D eigenvalue weighted by atomic mass is 10.1. The van der Waals surface area contributed by atoms with E-state index in [4.69, 9.17) is 11.6 Å². The zero-order chi connectivity index (χ0) is 17.2. The second-order valence-corrected chi connectivity index (χ2v) is 7.39. The van der Waals surface area contributed by atoms with E-state index in [-0.39, 0.29) is 28.4 Å². The summed E-state index contributed by atoms with van der Waals surface area (Å²) in [4.78, 5) is 22.9. The monoisotopic (exact) mass is 361 g/mol. The van der Waals surface area contributed by atoms with E-state index in [9.17, 15) is 23.1 Å². The van der Waals surface area contributed by atoms with Crippen LogP contribution in [0.5, 0.6) is 0 Å². The number of aliphatic carboxylic acids is 1. The van der Waals surface area contributed by atoms with Crippen LogP contribution in [-0.4, -0.2) is 49.5 Å². The molecule has 0 bridgehead atoms. The van der Waals surface area contributed by atoms with Crippen LogP contribution >= 0.6 is 11.6 Å². The number of nitrogens with zero attached hydrogens (tertiary/aromatic N) is 1. The highest BCUT2D eigenvalue weighted by atomic mass is 35.5. The molecular weight excluding hydrogens is 346 g/mol. The first-order valence-electron chi connectivity index (χ1n) is 6.91. The minimum atomic E-state index is -4.17. The van der Waals surface area contributed by atoms with Crippen LogP contribution in [0, 0.1) is 0 Å². The number of methoxy groups -OCH3 is 1. The van der Waals surface area contributed by atoms with E-state index in [0.717, 1.165) is 11.4 Å². The Balaban J connectivity index is 2.55. The van der Waals surface area contributed by atoms with Crippen LogP contribution in [0.3, 0.4) is 0 Å². The molecule has 1 aliphatic rings. The van der Waals surface area contributed by atoms with Gasteiger partial charge in [0.1, 0.15) is 6.04 Å². The normalized spacial score (nSPS) is 19.3. The summed E-state index contributed by atoms with van der Waals surface area (Å²) in [6, 6.07) is 2.58. The van der Waals surface area contributed by atoms with Crippen molar-refractivity contribution >= 4 is 33.6 Å². The Kier molecular flexibility index (Phi) is 5.28. The van der Waals surface area contributed by atoms with Crippen molar-refractivity contribution in [3.63, 3.8) is 0 Å². The third kappa shape index (κ3) is 3.49. The van der Waals surface area contributed by atoms with Gasteiger partial charge in [-0.25, -0.2) is 13.2 Å². The summed E-state index contributed by atoms with van der Waals surface area (Å²) in [7, 11) is -3.04. The van der Waals surface area contributed by atoms with Gasteiger partial charge in [0.25, 0.3) is 0 Å². The number of halogens is 1. The van der Waals surface area contributed by atoms with Gasteiger partial charge in [0, 0.05) is 11.6 Å².